The van der Waals surface area contributed by atoms with E-state index in [1.807, 2.05) is 45.9 Å². The summed E-state index contributed by atoms with van der Waals surface area (Å²) in [5.41, 5.74) is 7.33. The van der Waals surface area contributed by atoms with Gasteiger partial charge in [0.1, 0.15) is 17.2 Å². The largest absolute Gasteiger partial charge is 0.508 e. The number of benzene rings is 3. The molecule has 0 heterocycles. The molecule has 3 aromatic rings. The summed E-state index contributed by atoms with van der Waals surface area (Å²) in [6.07, 6.45) is 0. The molecule has 3 N–H and O–H groups in total. The topological polar surface area (TPSA) is 60.7 Å². The minimum Gasteiger partial charge on any atom is -0.508 e. The molecule has 0 unspecified atom stereocenters. The van der Waals surface area contributed by atoms with Crippen LogP contribution in [0, 0.1) is 27.7 Å². The minimum absolute atomic E-state index is 0. The average molecular weight is 350 g/mol. The van der Waals surface area contributed by atoms with E-state index in [1.165, 1.54) is 0 Å². The van der Waals surface area contributed by atoms with E-state index in [0.717, 1.165) is 44.5 Å². The first-order chi connectivity index (χ1) is 11.8. The quantitative estimate of drug-likeness (QED) is 0.530. The van der Waals surface area contributed by atoms with Crippen molar-refractivity contribution < 1.29 is 15.3 Å². The Morgan fingerprint density at radius 3 is 1.46 bits per heavy atom. The maximum absolute atomic E-state index is 10.0. The van der Waals surface area contributed by atoms with Gasteiger partial charge >= 0.3 is 0 Å². The highest BCUT2D eigenvalue weighted by atomic mass is 16.3. The summed E-state index contributed by atoms with van der Waals surface area (Å²) >= 11 is 0. The highest BCUT2D eigenvalue weighted by molar-refractivity contribution is 5.87. The zero-order chi connectivity index (χ0) is 18.3. The lowest BCUT2D eigenvalue weighted by molar-refractivity contribution is 0.470. The van der Waals surface area contributed by atoms with Gasteiger partial charge in [-0.05, 0) is 109 Å². The summed E-state index contributed by atoms with van der Waals surface area (Å²) in [6, 6.07) is 12.7. The molecule has 0 aliphatic heterocycles. The second kappa shape index (κ2) is 7.12. The van der Waals surface area contributed by atoms with Crippen molar-refractivity contribution in [3.63, 3.8) is 0 Å². The minimum atomic E-state index is 0. The Morgan fingerprint density at radius 2 is 0.962 bits per heavy atom. The zero-order valence-corrected chi connectivity index (χ0v) is 14.9. The molecule has 0 spiro atoms. The molecular formula is C23H26O3. The second-order valence-corrected chi connectivity index (χ2v) is 6.64. The molecule has 26 heavy (non-hydrogen) atoms. The molecule has 3 nitrogen and oxygen atoms in total. The predicted molar refractivity (Wildman–Crippen MR) is 108 cm³/mol. The Hall–Kier alpha value is -2.94. The second-order valence-electron chi connectivity index (χ2n) is 6.64. The van der Waals surface area contributed by atoms with E-state index in [2.05, 4.69) is 0 Å². The lowest BCUT2D eigenvalue weighted by Crippen LogP contribution is -1.92. The van der Waals surface area contributed by atoms with Crippen LogP contribution in [0.25, 0.3) is 22.3 Å². The van der Waals surface area contributed by atoms with Crippen LogP contribution in [0.1, 0.15) is 29.7 Å². The molecule has 0 fully saturated rings. The van der Waals surface area contributed by atoms with Crippen LogP contribution in [-0.4, -0.2) is 15.3 Å². The number of phenolic OH excluding ortho intramolecular Hbond substituents is 3. The van der Waals surface area contributed by atoms with Gasteiger partial charge in [0.05, 0.1) is 0 Å². The van der Waals surface area contributed by atoms with Gasteiger partial charge in [0.2, 0.25) is 0 Å². The standard InChI is InChI=1S/C22H22O3.CH4/c1-12-9-21(24)14(3)7-18(12)17-6-5-16(23)11-20(17)19-8-15(4)22(25)10-13(19)2;/h5-11,23-25H,1-4H3;1H4. The fourth-order valence-corrected chi connectivity index (χ4v) is 3.17. The van der Waals surface area contributed by atoms with Crippen LogP contribution >= 0.6 is 0 Å². The van der Waals surface area contributed by atoms with Crippen molar-refractivity contribution in [2.45, 2.75) is 35.1 Å². The molecule has 0 atom stereocenters. The third-order valence-corrected chi connectivity index (χ3v) is 4.67. The van der Waals surface area contributed by atoms with E-state index in [-0.39, 0.29) is 24.7 Å². The molecule has 3 rings (SSSR count). The normalized spacial score (nSPS) is 10.5. The first-order valence-corrected chi connectivity index (χ1v) is 8.22. The molecule has 3 aromatic carbocycles. The van der Waals surface area contributed by atoms with Gasteiger partial charge in [-0.1, -0.05) is 13.5 Å². The number of hydrogen-bond donors (Lipinski definition) is 3. The van der Waals surface area contributed by atoms with E-state index in [4.69, 9.17) is 0 Å². The molecule has 0 aliphatic rings. The Bertz CT molecular complexity index is 972. The fourth-order valence-electron chi connectivity index (χ4n) is 3.17. The van der Waals surface area contributed by atoms with Crippen molar-refractivity contribution in [2.24, 2.45) is 0 Å². The van der Waals surface area contributed by atoms with Crippen LogP contribution in [-0.2, 0) is 0 Å². The van der Waals surface area contributed by atoms with Gasteiger partial charge in [-0.25, -0.2) is 0 Å². The smallest absolute Gasteiger partial charge is 0.118 e. The lowest BCUT2D eigenvalue weighted by Gasteiger charge is -2.17. The third-order valence-electron chi connectivity index (χ3n) is 4.67. The first-order valence-electron chi connectivity index (χ1n) is 8.22. The van der Waals surface area contributed by atoms with Gasteiger partial charge < -0.3 is 15.3 Å². The molecule has 136 valence electrons. The molecule has 0 radical (unpaired) electrons. The van der Waals surface area contributed by atoms with Crippen molar-refractivity contribution in [1.82, 2.24) is 0 Å². The highest BCUT2D eigenvalue weighted by Crippen LogP contribution is 2.40. The van der Waals surface area contributed by atoms with Gasteiger partial charge in [0.25, 0.3) is 0 Å². The number of aromatic hydroxyl groups is 3. The van der Waals surface area contributed by atoms with E-state index in [0.29, 0.717) is 0 Å². The Balaban J connectivity index is 0.00000243. The summed E-state index contributed by atoms with van der Waals surface area (Å²) < 4.78 is 0. The van der Waals surface area contributed by atoms with Crippen LogP contribution in [0.4, 0.5) is 0 Å². The van der Waals surface area contributed by atoms with Crippen molar-refractivity contribution >= 4 is 0 Å². The van der Waals surface area contributed by atoms with Gasteiger partial charge in [0.15, 0.2) is 0 Å². The van der Waals surface area contributed by atoms with Crippen LogP contribution in [0.15, 0.2) is 42.5 Å². The first kappa shape index (κ1) is 19.4. The van der Waals surface area contributed by atoms with Crippen LogP contribution in [0.3, 0.4) is 0 Å². The maximum Gasteiger partial charge on any atom is 0.118 e. The van der Waals surface area contributed by atoms with Gasteiger partial charge in [-0.15, -0.1) is 0 Å². The van der Waals surface area contributed by atoms with Gasteiger partial charge in [-0.3, -0.25) is 0 Å². The van der Waals surface area contributed by atoms with E-state index in [1.54, 1.807) is 24.3 Å². The molecular weight excluding hydrogens is 324 g/mol. The van der Waals surface area contributed by atoms with E-state index < -0.39 is 0 Å². The van der Waals surface area contributed by atoms with E-state index >= 15 is 0 Å². The van der Waals surface area contributed by atoms with Crippen molar-refractivity contribution in [2.75, 3.05) is 0 Å². The molecule has 3 heteroatoms. The summed E-state index contributed by atoms with van der Waals surface area (Å²) in [6.45, 7) is 7.63. The summed E-state index contributed by atoms with van der Waals surface area (Å²) in [5, 5.41) is 29.9. The van der Waals surface area contributed by atoms with Gasteiger partial charge in [0, 0.05) is 0 Å². The number of phenols is 3. The lowest BCUT2D eigenvalue weighted by atomic mass is 9.88. The SMILES string of the molecule is C.Cc1cc(-c2ccc(O)cc2-c2cc(C)c(O)cc2C)c(C)cc1O. The van der Waals surface area contributed by atoms with E-state index in [9.17, 15) is 15.3 Å². The highest BCUT2D eigenvalue weighted by Gasteiger charge is 2.15. The van der Waals surface area contributed by atoms with Crippen molar-refractivity contribution in [3.05, 3.63) is 64.7 Å². The monoisotopic (exact) mass is 350 g/mol. The van der Waals surface area contributed by atoms with Crippen LogP contribution < -0.4 is 0 Å². The average Bonchev–Trinajstić information content (AvgIpc) is 2.54. The number of hydrogen-bond acceptors (Lipinski definition) is 3. The molecule has 0 saturated heterocycles. The van der Waals surface area contributed by atoms with Crippen molar-refractivity contribution in [3.8, 4) is 39.5 Å². The molecule has 0 bridgehead atoms. The molecule has 0 aliphatic carbocycles. The Morgan fingerprint density at radius 1 is 0.500 bits per heavy atom. The van der Waals surface area contributed by atoms with Crippen molar-refractivity contribution in [1.29, 1.82) is 0 Å². The van der Waals surface area contributed by atoms with Crippen LogP contribution in [0.2, 0.25) is 0 Å². The Kier molecular flexibility index (Phi) is 5.31. The maximum atomic E-state index is 10.0. The molecule has 0 saturated carbocycles. The molecule has 0 aromatic heterocycles. The number of rotatable bonds is 2. The zero-order valence-electron chi connectivity index (χ0n) is 14.9. The Labute approximate surface area is 155 Å². The fraction of sp³-hybridized carbons (Fsp3) is 0.217. The van der Waals surface area contributed by atoms with Gasteiger partial charge in [-0.2, -0.15) is 0 Å². The molecule has 0 amide bonds. The summed E-state index contributed by atoms with van der Waals surface area (Å²) in [4.78, 5) is 0. The summed E-state index contributed by atoms with van der Waals surface area (Å²) in [5.74, 6) is 0.731. The predicted octanol–water partition coefficient (Wildman–Crippen LogP) is 6.01. The van der Waals surface area contributed by atoms with Crippen LogP contribution in [0.5, 0.6) is 17.2 Å². The summed E-state index contributed by atoms with van der Waals surface area (Å²) in [7, 11) is 0. The number of aryl methyl sites for hydroxylation is 4. The third kappa shape index (κ3) is 3.38.